The average Bonchev–Trinajstić information content (AvgIpc) is 3.42. The first-order valence-electron chi connectivity index (χ1n) is 9.78. The van der Waals surface area contributed by atoms with Crippen LogP contribution >= 0.6 is 0 Å². The van der Waals surface area contributed by atoms with Gasteiger partial charge < -0.3 is 23.8 Å². The van der Waals surface area contributed by atoms with Gasteiger partial charge in [-0.2, -0.15) is 0 Å². The third kappa shape index (κ3) is 3.67. The van der Waals surface area contributed by atoms with Crippen LogP contribution in [0.2, 0.25) is 0 Å². The van der Waals surface area contributed by atoms with Gasteiger partial charge >= 0.3 is 0 Å². The second-order valence-corrected chi connectivity index (χ2v) is 7.24. The molecule has 0 saturated carbocycles. The number of hydrogen-bond donors (Lipinski definition) is 2. The van der Waals surface area contributed by atoms with Gasteiger partial charge in [-0.25, -0.2) is 0 Å². The van der Waals surface area contributed by atoms with Crippen LogP contribution in [0.4, 0.5) is 5.69 Å². The van der Waals surface area contributed by atoms with Gasteiger partial charge in [0.1, 0.15) is 13.2 Å². The molecule has 31 heavy (non-hydrogen) atoms. The van der Waals surface area contributed by atoms with Crippen LogP contribution in [0.5, 0.6) is 23.0 Å². The summed E-state index contributed by atoms with van der Waals surface area (Å²) in [5.41, 5.74) is 5.73. The lowest BCUT2D eigenvalue weighted by Crippen LogP contribution is -2.45. The van der Waals surface area contributed by atoms with E-state index >= 15 is 0 Å². The first kappa shape index (κ1) is 19.0. The van der Waals surface area contributed by atoms with Crippen LogP contribution in [-0.4, -0.2) is 44.3 Å². The Kier molecular flexibility index (Phi) is 4.73. The Morgan fingerprint density at radius 1 is 0.871 bits per heavy atom. The predicted octanol–water partition coefficient (Wildman–Crippen LogP) is 1.00. The molecule has 0 aliphatic carbocycles. The van der Waals surface area contributed by atoms with E-state index in [1.165, 1.54) is 4.90 Å². The van der Waals surface area contributed by atoms with Crippen molar-refractivity contribution >= 4 is 23.4 Å². The number of fused-ring (bicyclic) bond motifs is 2. The standard InChI is InChI=1S/C21H19N3O7/c25-19-8-13(10-24(19)14-2-4-16-18(9-14)31-11-30-16)21(27)23-22-20(26)12-1-3-15-17(7-12)29-6-5-28-15/h1-4,7,9,13H,5-6,8,10-11H2,(H,22,26)(H,23,27). The Hall–Kier alpha value is -3.95. The first-order chi connectivity index (χ1) is 15.1. The monoisotopic (exact) mass is 425 g/mol. The smallest absolute Gasteiger partial charge is 0.269 e. The van der Waals surface area contributed by atoms with Gasteiger partial charge in [0.2, 0.25) is 18.6 Å². The summed E-state index contributed by atoms with van der Waals surface area (Å²) in [6.07, 6.45) is 0.0418. The van der Waals surface area contributed by atoms with Crippen molar-refractivity contribution in [2.24, 2.45) is 5.92 Å². The molecule has 3 aliphatic rings. The Morgan fingerprint density at radius 3 is 2.45 bits per heavy atom. The number of hydrazine groups is 1. The molecule has 3 heterocycles. The van der Waals surface area contributed by atoms with Gasteiger partial charge in [-0.15, -0.1) is 0 Å². The van der Waals surface area contributed by atoms with Gasteiger partial charge in [-0.1, -0.05) is 0 Å². The number of carbonyl (C=O) groups excluding carboxylic acids is 3. The van der Waals surface area contributed by atoms with Crippen LogP contribution in [0.15, 0.2) is 36.4 Å². The SMILES string of the molecule is O=C(NNC(=O)C1CC(=O)N(c2ccc3c(c2)OCO3)C1)c1ccc2c(c1)OCCO2. The number of nitrogens with one attached hydrogen (secondary N) is 2. The maximum Gasteiger partial charge on any atom is 0.269 e. The molecule has 160 valence electrons. The zero-order chi connectivity index (χ0) is 21.4. The van der Waals surface area contributed by atoms with Gasteiger partial charge in [0.15, 0.2) is 23.0 Å². The normalized spacial score (nSPS) is 18.6. The van der Waals surface area contributed by atoms with Gasteiger partial charge in [0.05, 0.1) is 5.92 Å². The molecule has 0 radical (unpaired) electrons. The highest BCUT2D eigenvalue weighted by Crippen LogP contribution is 2.37. The number of nitrogens with zero attached hydrogens (tertiary/aromatic N) is 1. The van der Waals surface area contributed by atoms with Crippen LogP contribution < -0.4 is 34.7 Å². The van der Waals surface area contributed by atoms with Crippen LogP contribution in [0.1, 0.15) is 16.8 Å². The van der Waals surface area contributed by atoms with E-state index in [1.807, 2.05) is 0 Å². The molecule has 2 N–H and O–H groups in total. The van der Waals surface area contributed by atoms with Crippen molar-refractivity contribution in [3.8, 4) is 23.0 Å². The van der Waals surface area contributed by atoms with Gasteiger partial charge in [0, 0.05) is 30.3 Å². The van der Waals surface area contributed by atoms with Crippen molar-refractivity contribution in [3.05, 3.63) is 42.0 Å². The fourth-order valence-corrected chi connectivity index (χ4v) is 3.66. The fourth-order valence-electron chi connectivity index (χ4n) is 3.66. The van der Waals surface area contributed by atoms with Crippen molar-refractivity contribution in [2.75, 3.05) is 31.5 Å². The van der Waals surface area contributed by atoms with Crippen LogP contribution in [-0.2, 0) is 9.59 Å². The van der Waals surface area contributed by atoms with Crippen molar-refractivity contribution in [1.29, 1.82) is 0 Å². The van der Waals surface area contributed by atoms with E-state index in [0.717, 1.165) is 0 Å². The highest BCUT2D eigenvalue weighted by Gasteiger charge is 2.36. The number of carbonyl (C=O) groups is 3. The van der Waals surface area contributed by atoms with Gasteiger partial charge in [-0.05, 0) is 30.3 Å². The first-order valence-corrected chi connectivity index (χ1v) is 9.78. The van der Waals surface area contributed by atoms with Crippen molar-refractivity contribution in [2.45, 2.75) is 6.42 Å². The molecular formula is C21H19N3O7. The van der Waals surface area contributed by atoms with Gasteiger partial charge in [0.25, 0.3) is 5.91 Å². The molecule has 1 unspecified atom stereocenters. The zero-order valence-electron chi connectivity index (χ0n) is 16.4. The summed E-state index contributed by atoms with van der Waals surface area (Å²) in [6, 6.07) is 9.96. The maximum absolute atomic E-state index is 12.5. The number of hydrogen-bond acceptors (Lipinski definition) is 7. The minimum atomic E-state index is -0.599. The van der Waals surface area contributed by atoms with E-state index in [-0.39, 0.29) is 25.7 Å². The molecule has 1 fully saturated rings. The van der Waals surface area contributed by atoms with Crippen LogP contribution in [0.3, 0.4) is 0 Å². The Balaban J connectivity index is 1.19. The van der Waals surface area contributed by atoms with E-state index in [4.69, 9.17) is 18.9 Å². The fraction of sp³-hybridized carbons (Fsp3) is 0.286. The molecule has 2 aromatic rings. The third-order valence-electron chi connectivity index (χ3n) is 5.27. The van der Waals surface area contributed by atoms with E-state index in [0.29, 0.717) is 47.5 Å². The molecule has 5 rings (SSSR count). The van der Waals surface area contributed by atoms with E-state index in [1.54, 1.807) is 36.4 Å². The zero-order valence-corrected chi connectivity index (χ0v) is 16.4. The lowest BCUT2D eigenvalue weighted by Gasteiger charge is -2.19. The quantitative estimate of drug-likeness (QED) is 0.705. The second-order valence-electron chi connectivity index (χ2n) is 7.24. The summed E-state index contributed by atoms with van der Waals surface area (Å²) in [6.45, 7) is 1.20. The summed E-state index contributed by atoms with van der Waals surface area (Å²) < 4.78 is 21.5. The molecule has 1 saturated heterocycles. The Morgan fingerprint density at radius 2 is 1.58 bits per heavy atom. The number of amides is 3. The predicted molar refractivity (Wildman–Crippen MR) is 106 cm³/mol. The summed E-state index contributed by atoms with van der Waals surface area (Å²) >= 11 is 0. The average molecular weight is 425 g/mol. The highest BCUT2D eigenvalue weighted by molar-refractivity contribution is 6.01. The lowest BCUT2D eigenvalue weighted by atomic mass is 10.1. The van der Waals surface area contributed by atoms with Gasteiger partial charge in [-0.3, -0.25) is 25.2 Å². The molecule has 2 aromatic carbocycles. The third-order valence-corrected chi connectivity index (χ3v) is 5.27. The Bertz CT molecular complexity index is 1070. The van der Waals surface area contributed by atoms with Crippen LogP contribution in [0, 0.1) is 5.92 Å². The van der Waals surface area contributed by atoms with Crippen molar-refractivity contribution in [3.63, 3.8) is 0 Å². The lowest BCUT2D eigenvalue weighted by molar-refractivity contribution is -0.126. The minimum Gasteiger partial charge on any atom is -0.486 e. The highest BCUT2D eigenvalue weighted by atomic mass is 16.7. The van der Waals surface area contributed by atoms with E-state index in [2.05, 4.69) is 10.9 Å². The minimum absolute atomic E-state index is 0.0418. The molecule has 1 atom stereocenters. The van der Waals surface area contributed by atoms with E-state index < -0.39 is 17.7 Å². The molecule has 3 aliphatic heterocycles. The summed E-state index contributed by atoms with van der Waals surface area (Å²) in [4.78, 5) is 38.9. The van der Waals surface area contributed by atoms with Crippen LogP contribution in [0.25, 0.3) is 0 Å². The number of anilines is 1. The number of rotatable bonds is 3. The molecule has 0 spiro atoms. The number of benzene rings is 2. The molecule has 0 aromatic heterocycles. The maximum atomic E-state index is 12.5. The van der Waals surface area contributed by atoms with E-state index in [9.17, 15) is 14.4 Å². The summed E-state index contributed by atoms with van der Waals surface area (Å²) in [5, 5.41) is 0. The molecule has 10 nitrogen and oxygen atoms in total. The molecule has 10 heteroatoms. The topological polar surface area (TPSA) is 115 Å². The Labute approximate surface area is 177 Å². The molecular weight excluding hydrogens is 406 g/mol. The van der Waals surface area contributed by atoms with Crippen molar-refractivity contribution < 1.29 is 33.3 Å². The number of ether oxygens (including phenoxy) is 4. The van der Waals surface area contributed by atoms with Crippen molar-refractivity contribution in [1.82, 2.24) is 10.9 Å². The molecule has 3 amide bonds. The largest absolute Gasteiger partial charge is 0.486 e. The second kappa shape index (κ2) is 7.71. The summed E-state index contributed by atoms with van der Waals surface area (Å²) in [5.74, 6) is 0.503. The summed E-state index contributed by atoms with van der Waals surface area (Å²) in [7, 11) is 0. The molecule has 0 bridgehead atoms.